The van der Waals surface area contributed by atoms with E-state index in [2.05, 4.69) is 21.2 Å². The van der Waals surface area contributed by atoms with E-state index in [4.69, 9.17) is 4.55 Å². The lowest BCUT2D eigenvalue weighted by molar-refractivity contribution is -0.115. The average Bonchev–Trinajstić information content (AvgIpc) is 2.19. The molecule has 1 aromatic carbocycles. The van der Waals surface area contributed by atoms with Crippen LogP contribution in [0.3, 0.4) is 0 Å². The van der Waals surface area contributed by atoms with Crippen LogP contribution in [0.1, 0.15) is 12.0 Å². The molecule has 2 N–H and O–H groups in total. The van der Waals surface area contributed by atoms with Gasteiger partial charge < -0.3 is 5.32 Å². The Balaban J connectivity index is 3.02. The van der Waals surface area contributed by atoms with Gasteiger partial charge >= 0.3 is 0 Å². The third-order valence-electron chi connectivity index (χ3n) is 2.07. The Morgan fingerprint density at radius 1 is 1.47 bits per heavy atom. The molecule has 1 rings (SSSR count). The summed E-state index contributed by atoms with van der Waals surface area (Å²) in [5.74, 6) is -0.230. The van der Waals surface area contributed by atoms with Crippen LogP contribution in [0.5, 0.6) is 0 Å². The smallest absolute Gasteiger partial charge is 0.294 e. The lowest BCUT2D eigenvalue weighted by Crippen LogP contribution is -2.12. The van der Waals surface area contributed by atoms with E-state index in [1.54, 1.807) is 13.0 Å². The summed E-state index contributed by atoms with van der Waals surface area (Å²) < 4.78 is 31.1. The number of carbonyl (C=O) groups excluding carboxylic acids is 1. The second-order valence-electron chi connectivity index (χ2n) is 3.44. The number of hydrogen-bond donors (Lipinski definition) is 2. The molecule has 0 atom stereocenters. The molecule has 0 fully saturated rings. The van der Waals surface area contributed by atoms with Crippen molar-refractivity contribution in [1.82, 2.24) is 0 Å². The first kappa shape index (κ1) is 14.1. The van der Waals surface area contributed by atoms with E-state index in [-0.39, 0.29) is 17.2 Å². The van der Waals surface area contributed by atoms with E-state index in [0.29, 0.717) is 16.6 Å². The number of anilines is 1. The summed E-state index contributed by atoms with van der Waals surface area (Å²) in [6.07, 6.45) is 0.287. The van der Waals surface area contributed by atoms with Crippen molar-refractivity contribution >= 4 is 37.6 Å². The minimum Gasteiger partial charge on any atom is -0.326 e. The molecule has 0 aromatic heterocycles. The largest absolute Gasteiger partial charge is 0.326 e. The number of rotatable bonds is 4. The Morgan fingerprint density at radius 3 is 2.65 bits per heavy atom. The number of nitrogens with one attached hydrogen (secondary N) is 1. The predicted octanol–water partition coefficient (Wildman–Crippen LogP) is 1.97. The minimum atomic E-state index is -4.26. The number of amides is 1. The molecule has 5 nitrogen and oxygen atoms in total. The maximum atomic E-state index is 11.3. The van der Waals surface area contributed by atoms with E-state index >= 15 is 0 Å². The van der Waals surface area contributed by atoms with Gasteiger partial charge in [-0.05, 0) is 24.6 Å². The fourth-order valence-corrected chi connectivity index (χ4v) is 2.38. The molecule has 1 amide bonds. The Bertz CT molecular complexity index is 527. The summed E-state index contributed by atoms with van der Waals surface area (Å²) in [6.45, 7) is 1.56. The molecule has 0 radical (unpaired) electrons. The zero-order chi connectivity index (χ0) is 13.1. The molecule has 0 bridgehead atoms. The maximum Gasteiger partial charge on any atom is 0.294 e. The third-order valence-corrected chi connectivity index (χ3v) is 3.46. The van der Waals surface area contributed by atoms with Gasteiger partial charge in [-0.1, -0.05) is 22.0 Å². The SMILES string of the molecule is Cc1ccc(NC(=O)CCBr)cc1S(=O)(=O)O. The van der Waals surface area contributed by atoms with Gasteiger partial charge in [-0.25, -0.2) is 0 Å². The first-order chi connectivity index (χ1) is 7.84. The van der Waals surface area contributed by atoms with Crippen molar-refractivity contribution in [3.63, 3.8) is 0 Å². The van der Waals surface area contributed by atoms with Crippen molar-refractivity contribution in [3.05, 3.63) is 23.8 Å². The highest BCUT2D eigenvalue weighted by Crippen LogP contribution is 2.20. The van der Waals surface area contributed by atoms with Crippen LogP contribution >= 0.6 is 15.9 Å². The van der Waals surface area contributed by atoms with Crippen LogP contribution in [0.25, 0.3) is 0 Å². The van der Waals surface area contributed by atoms with Gasteiger partial charge in [0.2, 0.25) is 5.91 Å². The van der Waals surface area contributed by atoms with Gasteiger partial charge in [0, 0.05) is 17.4 Å². The van der Waals surface area contributed by atoms with Crippen molar-refractivity contribution < 1.29 is 17.8 Å². The summed E-state index contributed by atoms with van der Waals surface area (Å²) in [4.78, 5) is 11.1. The lowest BCUT2D eigenvalue weighted by atomic mass is 10.2. The van der Waals surface area contributed by atoms with E-state index in [1.807, 2.05) is 0 Å². The molecule has 0 unspecified atom stereocenters. The van der Waals surface area contributed by atoms with Crippen LogP contribution in [-0.4, -0.2) is 24.2 Å². The molecule has 0 saturated carbocycles. The third kappa shape index (κ3) is 4.10. The topological polar surface area (TPSA) is 83.5 Å². The quantitative estimate of drug-likeness (QED) is 0.656. The van der Waals surface area contributed by atoms with E-state index in [9.17, 15) is 13.2 Å². The van der Waals surface area contributed by atoms with E-state index < -0.39 is 10.1 Å². The second kappa shape index (κ2) is 5.61. The minimum absolute atomic E-state index is 0.200. The molecule has 0 saturated heterocycles. The van der Waals surface area contributed by atoms with Crippen molar-refractivity contribution in [3.8, 4) is 0 Å². The molecule has 0 aliphatic carbocycles. The van der Waals surface area contributed by atoms with Gasteiger partial charge in [0.25, 0.3) is 10.1 Å². The summed E-state index contributed by atoms with van der Waals surface area (Å²) in [5, 5.41) is 3.06. The van der Waals surface area contributed by atoms with Crippen LogP contribution in [-0.2, 0) is 14.9 Å². The summed E-state index contributed by atoms with van der Waals surface area (Å²) in [7, 11) is -4.26. The molecule has 94 valence electrons. The van der Waals surface area contributed by atoms with Crippen molar-refractivity contribution in [2.75, 3.05) is 10.6 Å². The number of alkyl halides is 1. The molecule has 0 aliphatic rings. The predicted molar refractivity (Wildman–Crippen MR) is 68.0 cm³/mol. The average molecular weight is 322 g/mol. The number of hydrogen-bond acceptors (Lipinski definition) is 3. The number of benzene rings is 1. The van der Waals surface area contributed by atoms with Gasteiger partial charge in [0.1, 0.15) is 0 Å². The number of halogens is 1. The second-order valence-corrected chi connectivity index (χ2v) is 5.63. The summed E-state index contributed by atoms with van der Waals surface area (Å²) in [5.41, 5.74) is 0.764. The van der Waals surface area contributed by atoms with Crippen LogP contribution in [0.4, 0.5) is 5.69 Å². The molecule has 7 heteroatoms. The van der Waals surface area contributed by atoms with E-state index in [0.717, 1.165) is 0 Å². The monoisotopic (exact) mass is 321 g/mol. The Morgan fingerprint density at radius 2 is 2.12 bits per heavy atom. The maximum absolute atomic E-state index is 11.3. The van der Waals surface area contributed by atoms with E-state index in [1.165, 1.54) is 12.1 Å². The Hall–Kier alpha value is -0.920. The fraction of sp³-hybridized carbons (Fsp3) is 0.300. The molecule has 1 aromatic rings. The molecular weight excluding hydrogens is 310 g/mol. The van der Waals surface area contributed by atoms with Gasteiger partial charge in [0.05, 0.1) is 4.90 Å². The zero-order valence-corrected chi connectivity index (χ0v) is 11.5. The molecule has 0 heterocycles. The van der Waals surface area contributed by atoms with Gasteiger partial charge in [-0.3, -0.25) is 9.35 Å². The van der Waals surface area contributed by atoms with Crippen LogP contribution in [0, 0.1) is 6.92 Å². The van der Waals surface area contributed by atoms with Crippen LogP contribution in [0.15, 0.2) is 23.1 Å². The van der Waals surface area contributed by atoms with Crippen molar-refractivity contribution in [2.24, 2.45) is 0 Å². The Kier molecular flexibility index (Phi) is 4.67. The Labute approximate surface area is 108 Å². The highest BCUT2D eigenvalue weighted by atomic mass is 79.9. The van der Waals surface area contributed by atoms with Crippen LogP contribution in [0.2, 0.25) is 0 Å². The summed E-state index contributed by atoms with van der Waals surface area (Å²) in [6, 6.07) is 4.33. The molecule has 0 aliphatic heterocycles. The first-order valence-corrected chi connectivity index (χ1v) is 7.34. The lowest BCUT2D eigenvalue weighted by Gasteiger charge is -2.07. The van der Waals surface area contributed by atoms with Gasteiger partial charge in [0.15, 0.2) is 0 Å². The molecule has 0 spiro atoms. The zero-order valence-electron chi connectivity index (χ0n) is 9.10. The van der Waals surface area contributed by atoms with Gasteiger partial charge in [-0.15, -0.1) is 0 Å². The number of aryl methyl sites for hydroxylation is 1. The fourth-order valence-electron chi connectivity index (χ4n) is 1.27. The highest BCUT2D eigenvalue weighted by Gasteiger charge is 2.14. The normalized spacial score (nSPS) is 11.2. The molecular formula is C10H12BrNO4S. The number of carbonyl (C=O) groups is 1. The van der Waals surface area contributed by atoms with Crippen molar-refractivity contribution in [1.29, 1.82) is 0 Å². The highest BCUT2D eigenvalue weighted by molar-refractivity contribution is 9.09. The standard InChI is InChI=1S/C10H12BrNO4S/c1-7-2-3-8(12-10(13)4-5-11)6-9(7)17(14,15)16/h2-3,6H,4-5H2,1H3,(H,12,13)(H,14,15,16). The van der Waals surface area contributed by atoms with Crippen molar-refractivity contribution in [2.45, 2.75) is 18.2 Å². The molecule has 17 heavy (non-hydrogen) atoms. The summed E-state index contributed by atoms with van der Waals surface area (Å²) >= 11 is 3.12. The van der Waals surface area contributed by atoms with Crippen LogP contribution < -0.4 is 5.32 Å². The van der Waals surface area contributed by atoms with Gasteiger partial charge in [-0.2, -0.15) is 8.42 Å². The first-order valence-electron chi connectivity index (χ1n) is 4.78.